The van der Waals surface area contributed by atoms with Crippen LogP contribution >= 0.6 is 0 Å². The number of piperidine rings is 1. The molecule has 2 aliphatic heterocycles. The van der Waals surface area contributed by atoms with Crippen molar-refractivity contribution >= 4 is 0 Å². The highest BCUT2D eigenvalue weighted by molar-refractivity contribution is 5.15. The predicted octanol–water partition coefficient (Wildman–Crippen LogP) is 3.25. The molecule has 120 valence electrons. The molecule has 0 spiro atoms. The third kappa shape index (κ3) is 3.81. The van der Waals surface area contributed by atoms with Gasteiger partial charge in [0.2, 0.25) is 0 Å². The minimum absolute atomic E-state index is 0.447. The number of likely N-dealkylation sites (tertiary alicyclic amines) is 1. The monoisotopic (exact) mass is 309 g/mol. The number of rotatable bonds is 6. The van der Waals surface area contributed by atoms with Crippen LogP contribution < -0.4 is 0 Å². The van der Waals surface area contributed by atoms with Crippen molar-refractivity contribution in [2.45, 2.75) is 37.8 Å². The Kier molecular flexibility index (Phi) is 4.42. The van der Waals surface area contributed by atoms with Gasteiger partial charge in [0.15, 0.2) is 0 Å². The van der Waals surface area contributed by atoms with Gasteiger partial charge in [0.05, 0.1) is 25.4 Å². The molecule has 4 rings (SSSR count). The second kappa shape index (κ2) is 6.83. The van der Waals surface area contributed by atoms with E-state index in [1.54, 1.807) is 0 Å². The summed E-state index contributed by atoms with van der Waals surface area (Å²) in [6.07, 6.45) is 2.00. The van der Waals surface area contributed by atoms with Gasteiger partial charge in [-0.05, 0) is 17.5 Å². The Morgan fingerprint density at radius 2 is 1.61 bits per heavy atom. The number of hydrogen-bond acceptors (Lipinski definition) is 3. The van der Waals surface area contributed by atoms with Crippen LogP contribution in [0, 0.1) is 0 Å². The molecule has 0 radical (unpaired) electrons. The van der Waals surface area contributed by atoms with Gasteiger partial charge < -0.3 is 9.47 Å². The van der Waals surface area contributed by atoms with Crippen LogP contribution in [0.1, 0.15) is 17.5 Å². The smallest absolute Gasteiger partial charge is 0.0969 e. The summed E-state index contributed by atoms with van der Waals surface area (Å²) in [7, 11) is 0. The molecule has 2 aromatic rings. The normalized spacial score (nSPS) is 26.7. The Labute approximate surface area is 137 Å². The molecule has 2 fully saturated rings. The first-order chi connectivity index (χ1) is 11.4. The van der Waals surface area contributed by atoms with Gasteiger partial charge in [0.1, 0.15) is 0 Å². The third-order valence-electron chi connectivity index (χ3n) is 4.77. The van der Waals surface area contributed by atoms with Crippen molar-refractivity contribution in [3.05, 3.63) is 71.8 Å². The number of benzene rings is 2. The number of hydrogen-bond donors (Lipinski definition) is 0. The van der Waals surface area contributed by atoms with E-state index < -0.39 is 0 Å². The maximum Gasteiger partial charge on any atom is 0.0969 e. The number of epoxide rings is 1. The zero-order valence-corrected chi connectivity index (χ0v) is 13.3. The van der Waals surface area contributed by atoms with Crippen LogP contribution in [-0.4, -0.2) is 36.3 Å². The molecule has 3 nitrogen and oxygen atoms in total. The average Bonchev–Trinajstić information content (AvgIpc) is 3.35. The first-order valence-electron chi connectivity index (χ1n) is 8.43. The van der Waals surface area contributed by atoms with Crippen molar-refractivity contribution in [2.24, 2.45) is 0 Å². The molecule has 0 N–H and O–H groups in total. The first kappa shape index (κ1) is 14.9. The van der Waals surface area contributed by atoms with Gasteiger partial charge in [-0.1, -0.05) is 60.7 Å². The summed E-state index contributed by atoms with van der Waals surface area (Å²) in [4.78, 5) is 2.52. The van der Waals surface area contributed by atoms with Gasteiger partial charge in [-0.3, -0.25) is 4.90 Å². The number of nitrogens with zero attached hydrogens (tertiary/aromatic N) is 1. The van der Waals surface area contributed by atoms with Gasteiger partial charge >= 0.3 is 0 Å². The summed E-state index contributed by atoms with van der Waals surface area (Å²) in [5, 5.41) is 0. The lowest BCUT2D eigenvalue weighted by atomic mass is 10.0. The van der Waals surface area contributed by atoms with Crippen molar-refractivity contribution in [2.75, 3.05) is 13.2 Å². The minimum Gasteiger partial charge on any atom is -0.375 e. The topological polar surface area (TPSA) is 25.0 Å². The third-order valence-corrected chi connectivity index (χ3v) is 4.77. The molecule has 3 atom stereocenters. The highest BCUT2D eigenvalue weighted by atomic mass is 16.6. The fourth-order valence-electron chi connectivity index (χ4n) is 3.42. The second-order valence-electron chi connectivity index (χ2n) is 6.52. The zero-order valence-electron chi connectivity index (χ0n) is 13.3. The summed E-state index contributed by atoms with van der Waals surface area (Å²) >= 11 is 0. The highest BCUT2D eigenvalue weighted by Gasteiger charge is 2.47. The zero-order chi connectivity index (χ0) is 15.5. The molecule has 2 aliphatic rings. The molecule has 2 saturated heterocycles. The highest BCUT2D eigenvalue weighted by Crippen LogP contribution is 2.35. The van der Waals surface area contributed by atoms with Gasteiger partial charge in [0.25, 0.3) is 0 Å². The maximum atomic E-state index is 6.00. The molecule has 0 aliphatic carbocycles. The van der Waals surface area contributed by atoms with E-state index >= 15 is 0 Å². The SMILES string of the molecule is c1ccc(COCC2CC3OC3CN2Cc2ccccc2)cc1. The van der Waals surface area contributed by atoms with Crippen molar-refractivity contribution in [1.82, 2.24) is 4.90 Å². The molecule has 3 heteroatoms. The Hall–Kier alpha value is -1.68. The van der Waals surface area contributed by atoms with E-state index in [1.165, 1.54) is 11.1 Å². The maximum absolute atomic E-state index is 6.00. The molecule has 0 aromatic heterocycles. The number of fused-ring (bicyclic) bond motifs is 1. The Bertz CT molecular complexity index is 616. The van der Waals surface area contributed by atoms with Crippen LogP contribution in [0.4, 0.5) is 0 Å². The van der Waals surface area contributed by atoms with Crippen LogP contribution in [0.3, 0.4) is 0 Å². The van der Waals surface area contributed by atoms with E-state index in [0.29, 0.717) is 24.9 Å². The van der Waals surface area contributed by atoms with E-state index in [2.05, 4.69) is 59.5 Å². The molecular weight excluding hydrogens is 286 g/mol. The molecular formula is C20H23NO2. The second-order valence-corrected chi connectivity index (χ2v) is 6.52. The van der Waals surface area contributed by atoms with Gasteiger partial charge in [-0.15, -0.1) is 0 Å². The Balaban J connectivity index is 1.34. The largest absolute Gasteiger partial charge is 0.375 e. The molecule has 0 saturated carbocycles. The van der Waals surface area contributed by atoms with Crippen LogP contribution in [0.15, 0.2) is 60.7 Å². The molecule has 0 amide bonds. The summed E-state index contributed by atoms with van der Waals surface area (Å²) in [5.41, 5.74) is 2.60. The van der Waals surface area contributed by atoms with E-state index in [0.717, 1.165) is 26.1 Å². The summed E-state index contributed by atoms with van der Waals surface area (Å²) in [6, 6.07) is 21.5. The summed E-state index contributed by atoms with van der Waals surface area (Å²) in [6.45, 7) is 3.46. The molecule has 3 unspecified atom stereocenters. The van der Waals surface area contributed by atoms with Crippen molar-refractivity contribution in [1.29, 1.82) is 0 Å². The number of ether oxygens (including phenoxy) is 2. The fourth-order valence-corrected chi connectivity index (χ4v) is 3.42. The lowest BCUT2D eigenvalue weighted by molar-refractivity contribution is 0.0356. The van der Waals surface area contributed by atoms with E-state index in [-0.39, 0.29) is 0 Å². The molecule has 0 bridgehead atoms. The van der Waals surface area contributed by atoms with E-state index in [4.69, 9.17) is 9.47 Å². The fraction of sp³-hybridized carbons (Fsp3) is 0.400. The quantitative estimate of drug-likeness (QED) is 0.766. The van der Waals surface area contributed by atoms with Crippen LogP contribution in [0.25, 0.3) is 0 Å². The van der Waals surface area contributed by atoms with Crippen LogP contribution in [0.2, 0.25) is 0 Å². The lowest BCUT2D eigenvalue weighted by Crippen LogP contribution is -2.45. The van der Waals surface area contributed by atoms with E-state index in [9.17, 15) is 0 Å². The van der Waals surface area contributed by atoms with E-state index in [1.807, 2.05) is 6.07 Å². The Morgan fingerprint density at radius 1 is 0.913 bits per heavy atom. The molecule has 23 heavy (non-hydrogen) atoms. The van der Waals surface area contributed by atoms with Crippen LogP contribution in [-0.2, 0) is 22.6 Å². The summed E-state index contributed by atoms with van der Waals surface area (Å²) < 4.78 is 11.7. The van der Waals surface area contributed by atoms with Crippen molar-refractivity contribution in [3.8, 4) is 0 Å². The molecule has 2 aromatic carbocycles. The van der Waals surface area contributed by atoms with Crippen molar-refractivity contribution < 1.29 is 9.47 Å². The van der Waals surface area contributed by atoms with Crippen LogP contribution in [0.5, 0.6) is 0 Å². The predicted molar refractivity (Wildman–Crippen MR) is 90.0 cm³/mol. The first-order valence-corrected chi connectivity index (χ1v) is 8.43. The Morgan fingerprint density at radius 3 is 2.35 bits per heavy atom. The van der Waals surface area contributed by atoms with Crippen molar-refractivity contribution in [3.63, 3.8) is 0 Å². The lowest BCUT2D eigenvalue weighted by Gasteiger charge is -2.33. The standard InChI is InChI=1S/C20H23NO2/c1-3-7-16(8-4-1)12-21-13-20-19(23-20)11-18(21)15-22-14-17-9-5-2-6-10-17/h1-10,18-20H,11-15H2. The average molecular weight is 309 g/mol. The van der Waals surface area contributed by atoms with Gasteiger partial charge in [-0.2, -0.15) is 0 Å². The minimum atomic E-state index is 0.447. The van der Waals surface area contributed by atoms with Gasteiger partial charge in [-0.25, -0.2) is 0 Å². The van der Waals surface area contributed by atoms with Gasteiger partial charge in [0, 0.05) is 19.1 Å². The summed E-state index contributed by atoms with van der Waals surface area (Å²) in [5.74, 6) is 0. The molecule has 2 heterocycles.